The molecule has 2 heterocycles. The van der Waals surface area contributed by atoms with Gasteiger partial charge in [-0.15, -0.1) is 0 Å². The molecule has 0 radical (unpaired) electrons. The summed E-state index contributed by atoms with van der Waals surface area (Å²) in [5, 5.41) is 18.5. The summed E-state index contributed by atoms with van der Waals surface area (Å²) in [6, 6.07) is 11.7. The van der Waals surface area contributed by atoms with E-state index < -0.39 is 4.92 Å². The van der Waals surface area contributed by atoms with Gasteiger partial charge in [0.05, 0.1) is 17.2 Å². The zero-order valence-electron chi connectivity index (χ0n) is 14.4. The van der Waals surface area contributed by atoms with Gasteiger partial charge in [0.1, 0.15) is 12.0 Å². The highest BCUT2D eigenvalue weighted by molar-refractivity contribution is 5.59. The monoisotopic (exact) mass is 337 g/mol. The summed E-state index contributed by atoms with van der Waals surface area (Å²) >= 11 is 0. The van der Waals surface area contributed by atoms with Crippen LogP contribution in [0.5, 0.6) is 0 Å². The third-order valence-corrected chi connectivity index (χ3v) is 3.91. The number of anilines is 2. The molecule has 0 fully saturated rings. The second kappa shape index (κ2) is 6.72. The van der Waals surface area contributed by atoms with E-state index in [1.165, 1.54) is 6.20 Å². The summed E-state index contributed by atoms with van der Waals surface area (Å²) in [5.41, 5.74) is 4.68. The van der Waals surface area contributed by atoms with Crippen molar-refractivity contribution in [3.8, 4) is 0 Å². The van der Waals surface area contributed by atoms with E-state index in [9.17, 15) is 10.1 Å². The minimum absolute atomic E-state index is 0.0174. The van der Waals surface area contributed by atoms with E-state index in [0.717, 1.165) is 22.6 Å². The molecule has 0 saturated carbocycles. The van der Waals surface area contributed by atoms with E-state index in [2.05, 4.69) is 15.4 Å². The fourth-order valence-electron chi connectivity index (χ4n) is 2.71. The van der Waals surface area contributed by atoms with Crippen LogP contribution in [0.25, 0.3) is 0 Å². The number of aromatic nitrogens is 3. The Bertz CT molecular complexity index is 933. The molecule has 0 bridgehead atoms. The Kier molecular flexibility index (Phi) is 4.47. The molecule has 3 aromatic rings. The largest absolute Gasteiger partial charge is 0.340 e. The van der Waals surface area contributed by atoms with Crippen LogP contribution < -0.4 is 5.32 Å². The van der Waals surface area contributed by atoms with E-state index in [1.54, 1.807) is 13.0 Å². The van der Waals surface area contributed by atoms with Gasteiger partial charge in [-0.1, -0.05) is 12.1 Å². The van der Waals surface area contributed by atoms with Crippen molar-refractivity contribution < 1.29 is 4.92 Å². The minimum Gasteiger partial charge on any atom is -0.340 e. The molecule has 3 rings (SSSR count). The van der Waals surface area contributed by atoms with Gasteiger partial charge in [0.2, 0.25) is 0 Å². The quantitative estimate of drug-likeness (QED) is 0.563. The van der Waals surface area contributed by atoms with Crippen molar-refractivity contribution >= 4 is 17.2 Å². The highest BCUT2D eigenvalue weighted by Gasteiger charge is 2.11. The molecule has 0 aliphatic heterocycles. The lowest BCUT2D eigenvalue weighted by molar-refractivity contribution is -0.385. The van der Waals surface area contributed by atoms with Gasteiger partial charge in [-0.05, 0) is 50.6 Å². The predicted molar refractivity (Wildman–Crippen MR) is 96.2 cm³/mol. The highest BCUT2D eigenvalue weighted by atomic mass is 16.6. The predicted octanol–water partition coefficient (Wildman–Crippen LogP) is 3.90. The topological polar surface area (TPSA) is 85.9 Å². The number of aryl methyl sites for hydroxylation is 3. The first-order valence-corrected chi connectivity index (χ1v) is 7.90. The molecule has 25 heavy (non-hydrogen) atoms. The van der Waals surface area contributed by atoms with Gasteiger partial charge in [0.15, 0.2) is 0 Å². The Morgan fingerprint density at radius 2 is 2.00 bits per heavy atom. The molecule has 0 spiro atoms. The zero-order chi connectivity index (χ0) is 18.0. The molecule has 0 aliphatic carbocycles. The Morgan fingerprint density at radius 3 is 2.64 bits per heavy atom. The van der Waals surface area contributed by atoms with Gasteiger partial charge >= 0.3 is 0 Å². The van der Waals surface area contributed by atoms with Crippen molar-refractivity contribution in [2.75, 3.05) is 5.32 Å². The van der Waals surface area contributed by atoms with Crippen molar-refractivity contribution in [1.82, 2.24) is 14.8 Å². The Labute approximate surface area is 145 Å². The maximum atomic E-state index is 10.9. The van der Waals surface area contributed by atoms with Gasteiger partial charge < -0.3 is 5.32 Å². The molecule has 1 N–H and O–H groups in total. The lowest BCUT2D eigenvalue weighted by atomic mass is 10.2. The van der Waals surface area contributed by atoms with Crippen LogP contribution in [0.1, 0.15) is 22.5 Å². The Balaban J connectivity index is 1.79. The van der Waals surface area contributed by atoms with E-state index in [4.69, 9.17) is 0 Å². The SMILES string of the molecule is Cc1cc(C)n(Cc2cccc(Nc3cc(C)c([N+](=O)[O-])cn3)c2)n1. The second-order valence-corrected chi connectivity index (χ2v) is 6.02. The third-order valence-electron chi connectivity index (χ3n) is 3.91. The molecule has 2 aromatic heterocycles. The van der Waals surface area contributed by atoms with Crippen LogP contribution in [0.4, 0.5) is 17.2 Å². The van der Waals surface area contributed by atoms with E-state index in [1.807, 2.05) is 48.9 Å². The van der Waals surface area contributed by atoms with Crippen LogP contribution in [0.2, 0.25) is 0 Å². The summed E-state index contributed by atoms with van der Waals surface area (Å²) in [4.78, 5) is 14.6. The normalized spacial score (nSPS) is 10.7. The lowest BCUT2D eigenvalue weighted by Crippen LogP contribution is -2.04. The van der Waals surface area contributed by atoms with Gasteiger partial charge in [0, 0.05) is 16.9 Å². The fraction of sp³-hybridized carbons (Fsp3) is 0.222. The number of hydrogen-bond acceptors (Lipinski definition) is 5. The minimum atomic E-state index is -0.429. The van der Waals surface area contributed by atoms with Gasteiger partial charge in [-0.25, -0.2) is 4.98 Å². The summed E-state index contributed by atoms with van der Waals surface area (Å²) in [5.74, 6) is 0.575. The molecular formula is C18H19N5O2. The Hall–Kier alpha value is -3.22. The number of rotatable bonds is 5. The first kappa shape index (κ1) is 16.6. The van der Waals surface area contributed by atoms with Crippen molar-refractivity contribution in [2.24, 2.45) is 0 Å². The summed E-state index contributed by atoms with van der Waals surface area (Å²) in [6.45, 7) is 6.39. The molecule has 7 nitrogen and oxygen atoms in total. The van der Waals surface area contributed by atoms with Gasteiger partial charge in [0.25, 0.3) is 5.69 Å². The number of hydrogen-bond donors (Lipinski definition) is 1. The molecule has 128 valence electrons. The summed E-state index contributed by atoms with van der Waals surface area (Å²) in [6.07, 6.45) is 1.28. The van der Waals surface area contributed by atoms with Crippen molar-refractivity contribution in [1.29, 1.82) is 0 Å². The molecule has 1 aromatic carbocycles. The van der Waals surface area contributed by atoms with Crippen LogP contribution in [-0.4, -0.2) is 19.7 Å². The van der Waals surface area contributed by atoms with Crippen molar-refractivity contribution in [3.05, 3.63) is 75.2 Å². The van der Waals surface area contributed by atoms with Crippen molar-refractivity contribution in [3.63, 3.8) is 0 Å². The Morgan fingerprint density at radius 1 is 1.20 bits per heavy atom. The number of pyridine rings is 1. The smallest absolute Gasteiger partial charge is 0.290 e. The maximum Gasteiger partial charge on any atom is 0.290 e. The summed E-state index contributed by atoms with van der Waals surface area (Å²) in [7, 11) is 0. The first-order valence-electron chi connectivity index (χ1n) is 7.90. The molecule has 0 atom stereocenters. The van der Waals surface area contributed by atoms with Crippen molar-refractivity contribution in [2.45, 2.75) is 27.3 Å². The van der Waals surface area contributed by atoms with Crippen LogP contribution >= 0.6 is 0 Å². The second-order valence-electron chi connectivity index (χ2n) is 6.02. The third kappa shape index (κ3) is 3.82. The molecule has 0 amide bonds. The number of nitrogens with one attached hydrogen (secondary N) is 1. The standard InChI is InChI=1S/C18H19N5O2/c1-12-7-18(19-10-17(12)23(24)25)20-16-6-4-5-15(9-16)11-22-14(3)8-13(2)21-22/h4-10H,11H2,1-3H3,(H,19,20). The van der Waals surface area contributed by atoms with E-state index in [-0.39, 0.29) is 5.69 Å². The lowest BCUT2D eigenvalue weighted by Gasteiger charge is -2.09. The van der Waals surface area contributed by atoms with Crippen LogP contribution in [0.15, 0.2) is 42.6 Å². The van der Waals surface area contributed by atoms with E-state index >= 15 is 0 Å². The van der Waals surface area contributed by atoms with E-state index in [0.29, 0.717) is 17.9 Å². The average molecular weight is 337 g/mol. The number of nitro groups is 1. The molecule has 7 heteroatoms. The summed E-state index contributed by atoms with van der Waals surface area (Å²) < 4.78 is 1.96. The van der Waals surface area contributed by atoms with Gasteiger partial charge in [-0.2, -0.15) is 5.10 Å². The zero-order valence-corrected chi connectivity index (χ0v) is 14.4. The molecule has 0 saturated heterocycles. The first-order chi connectivity index (χ1) is 11.9. The number of nitrogens with zero attached hydrogens (tertiary/aromatic N) is 4. The highest BCUT2D eigenvalue weighted by Crippen LogP contribution is 2.22. The fourth-order valence-corrected chi connectivity index (χ4v) is 2.71. The maximum absolute atomic E-state index is 10.9. The van der Waals surface area contributed by atoms with Gasteiger partial charge in [-0.3, -0.25) is 14.8 Å². The molecule has 0 aliphatic rings. The van der Waals surface area contributed by atoms with Crippen LogP contribution in [-0.2, 0) is 6.54 Å². The number of benzene rings is 1. The molecular weight excluding hydrogens is 318 g/mol. The van der Waals surface area contributed by atoms with Crippen LogP contribution in [0, 0.1) is 30.9 Å². The molecule has 0 unspecified atom stereocenters. The van der Waals surface area contributed by atoms with Crippen LogP contribution in [0.3, 0.4) is 0 Å². The average Bonchev–Trinajstić information content (AvgIpc) is 2.85.